The topological polar surface area (TPSA) is 99.2 Å². The molecular formula is C12H14N4O3S2. The minimum absolute atomic E-state index is 0.0626. The normalized spacial score (nSPS) is 11.1. The van der Waals surface area contributed by atoms with Crippen LogP contribution in [0.1, 0.15) is 5.56 Å². The molecule has 0 fully saturated rings. The zero-order chi connectivity index (χ0) is 15.6. The standard InChI is InChI=1S/C12H14N4O3S2/c1-16-6-10(14-7-16)21(17,18)15-11-8(12(13)20)4-3-5-9(11)19-2/h3-7,15H,1-2H3,(H2,13,20). The molecule has 1 aromatic carbocycles. The van der Waals surface area contributed by atoms with Gasteiger partial charge in [-0.3, -0.25) is 4.72 Å². The monoisotopic (exact) mass is 326 g/mol. The summed E-state index contributed by atoms with van der Waals surface area (Å²) in [7, 11) is -0.754. The molecule has 9 heteroatoms. The minimum Gasteiger partial charge on any atom is -0.495 e. The molecule has 21 heavy (non-hydrogen) atoms. The predicted molar refractivity (Wildman–Crippen MR) is 82.9 cm³/mol. The van der Waals surface area contributed by atoms with Gasteiger partial charge in [-0.15, -0.1) is 0 Å². The van der Waals surface area contributed by atoms with E-state index in [0.717, 1.165) is 0 Å². The molecule has 1 heterocycles. The molecule has 0 atom stereocenters. The van der Waals surface area contributed by atoms with Crippen LogP contribution in [0.5, 0.6) is 5.75 Å². The third kappa shape index (κ3) is 3.14. The molecule has 1 aromatic heterocycles. The fourth-order valence-electron chi connectivity index (χ4n) is 1.73. The lowest BCUT2D eigenvalue weighted by Gasteiger charge is -2.14. The summed E-state index contributed by atoms with van der Waals surface area (Å²) < 4.78 is 33.8. The number of hydrogen-bond donors (Lipinski definition) is 2. The Morgan fingerprint density at radius 1 is 1.48 bits per heavy atom. The van der Waals surface area contributed by atoms with Gasteiger partial charge in [0.05, 0.1) is 13.4 Å². The molecule has 0 unspecified atom stereocenters. The Hall–Kier alpha value is -2.13. The zero-order valence-corrected chi connectivity index (χ0v) is 13.0. The highest BCUT2D eigenvalue weighted by molar-refractivity contribution is 7.92. The number of nitrogens with two attached hydrogens (primary N) is 1. The number of imidazole rings is 1. The number of para-hydroxylation sites is 1. The van der Waals surface area contributed by atoms with Crippen LogP contribution in [0, 0.1) is 0 Å². The van der Waals surface area contributed by atoms with Gasteiger partial charge in [0.2, 0.25) is 0 Å². The third-order valence-electron chi connectivity index (χ3n) is 2.70. The van der Waals surface area contributed by atoms with Crippen molar-refractivity contribution in [3.05, 3.63) is 36.3 Å². The fourth-order valence-corrected chi connectivity index (χ4v) is 2.97. The molecule has 112 valence electrons. The lowest BCUT2D eigenvalue weighted by atomic mass is 10.1. The summed E-state index contributed by atoms with van der Waals surface area (Å²) in [6.07, 6.45) is 2.78. The Morgan fingerprint density at radius 2 is 2.19 bits per heavy atom. The first-order chi connectivity index (χ1) is 9.85. The largest absolute Gasteiger partial charge is 0.495 e. The van der Waals surface area contributed by atoms with Gasteiger partial charge in [0, 0.05) is 18.8 Å². The van der Waals surface area contributed by atoms with Gasteiger partial charge in [-0.25, -0.2) is 4.98 Å². The van der Waals surface area contributed by atoms with E-state index in [-0.39, 0.29) is 15.7 Å². The van der Waals surface area contributed by atoms with Crippen molar-refractivity contribution < 1.29 is 13.2 Å². The summed E-state index contributed by atoms with van der Waals surface area (Å²) in [6, 6.07) is 4.89. The molecule has 0 saturated heterocycles. The van der Waals surface area contributed by atoms with E-state index in [1.807, 2.05) is 0 Å². The van der Waals surface area contributed by atoms with E-state index < -0.39 is 10.0 Å². The summed E-state index contributed by atoms with van der Waals surface area (Å²) >= 11 is 4.93. The maximum Gasteiger partial charge on any atom is 0.281 e. The van der Waals surface area contributed by atoms with Crippen LogP contribution >= 0.6 is 12.2 Å². The maximum atomic E-state index is 12.3. The average molecular weight is 326 g/mol. The van der Waals surface area contributed by atoms with Crippen molar-refractivity contribution >= 4 is 32.9 Å². The SMILES string of the molecule is COc1cccc(C(N)=S)c1NS(=O)(=O)c1cn(C)cn1. The number of aryl methyl sites for hydroxylation is 1. The number of thiocarbonyl (C=S) groups is 1. The lowest BCUT2D eigenvalue weighted by molar-refractivity contribution is 0.417. The van der Waals surface area contributed by atoms with E-state index in [1.165, 1.54) is 24.2 Å². The van der Waals surface area contributed by atoms with Gasteiger partial charge >= 0.3 is 0 Å². The van der Waals surface area contributed by atoms with Crippen molar-refractivity contribution in [2.45, 2.75) is 5.03 Å². The van der Waals surface area contributed by atoms with Crippen LogP contribution in [0.3, 0.4) is 0 Å². The molecule has 0 saturated carbocycles. The Kier molecular flexibility index (Phi) is 4.14. The van der Waals surface area contributed by atoms with Crippen LogP contribution in [0.4, 0.5) is 5.69 Å². The van der Waals surface area contributed by atoms with Crippen molar-refractivity contribution in [3.8, 4) is 5.75 Å². The van der Waals surface area contributed by atoms with E-state index in [1.54, 1.807) is 25.2 Å². The quantitative estimate of drug-likeness (QED) is 0.791. The van der Waals surface area contributed by atoms with Gasteiger partial charge in [-0.05, 0) is 12.1 Å². The van der Waals surface area contributed by atoms with Crippen LogP contribution in [-0.4, -0.2) is 30.1 Å². The number of hydrogen-bond acceptors (Lipinski definition) is 5. The zero-order valence-electron chi connectivity index (χ0n) is 11.4. The van der Waals surface area contributed by atoms with Crippen LogP contribution in [0.15, 0.2) is 35.7 Å². The maximum absolute atomic E-state index is 12.3. The van der Waals surface area contributed by atoms with Crippen molar-refractivity contribution in [1.82, 2.24) is 9.55 Å². The predicted octanol–water partition coefficient (Wildman–Crippen LogP) is 0.864. The summed E-state index contributed by atoms with van der Waals surface area (Å²) in [5, 5.41) is -0.107. The highest BCUT2D eigenvalue weighted by Crippen LogP contribution is 2.30. The number of methoxy groups -OCH3 is 1. The molecule has 3 N–H and O–H groups in total. The van der Waals surface area contributed by atoms with Gasteiger partial charge in [0.15, 0.2) is 5.03 Å². The first kappa shape index (κ1) is 15.3. The Morgan fingerprint density at radius 3 is 2.71 bits per heavy atom. The first-order valence-corrected chi connectivity index (χ1v) is 7.72. The number of sulfonamides is 1. The molecule has 0 bridgehead atoms. The number of rotatable bonds is 5. The van der Waals surface area contributed by atoms with E-state index in [2.05, 4.69) is 9.71 Å². The van der Waals surface area contributed by atoms with E-state index >= 15 is 0 Å². The molecule has 0 aliphatic heterocycles. The highest BCUT2D eigenvalue weighted by Gasteiger charge is 2.21. The summed E-state index contributed by atoms with van der Waals surface area (Å²) in [6.45, 7) is 0. The smallest absolute Gasteiger partial charge is 0.281 e. The number of aromatic nitrogens is 2. The second kappa shape index (κ2) is 5.70. The number of nitrogens with zero attached hydrogens (tertiary/aromatic N) is 2. The molecule has 0 spiro atoms. The Bertz CT molecular complexity index is 784. The average Bonchev–Trinajstić information content (AvgIpc) is 2.86. The van der Waals surface area contributed by atoms with Crippen molar-refractivity contribution in [1.29, 1.82) is 0 Å². The molecular weight excluding hydrogens is 312 g/mol. The van der Waals surface area contributed by atoms with Gasteiger partial charge in [-0.1, -0.05) is 18.3 Å². The Labute approximate surface area is 127 Å². The number of anilines is 1. The van der Waals surface area contributed by atoms with Crippen LogP contribution in [0.25, 0.3) is 0 Å². The van der Waals surface area contributed by atoms with Crippen molar-refractivity contribution in [2.24, 2.45) is 12.8 Å². The van der Waals surface area contributed by atoms with Crippen LogP contribution in [0.2, 0.25) is 0 Å². The highest BCUT2D eigenvalue weighted by atomic mass is 32.2. The second-order valence-corrected chi connectivity index (χ2v) is 6.30. The first-order valence-electron chi connectivity index (χ1n) is 5.82. The van der Waals surface area contributed by atoms with E-state index in [0.29, 0.717) is 11.3 Å². The van der Waals surface area contributed by atoms with E-state index in [4.69, 9.17) is 22.7 Å². The van der Waals surface area contributed by atoms with Gasteiger partial charge < -0.3 is 15.0 Å². The number of benzene rings is 1. The van der Waals surface area contributed by atoms with Gasteiger partial charge in [-0.2, -0.15) is 8.42 Å². The second-order valence-electron chi connectivity index (χ2n) is 4.23. The van der Waals surface area contributed by atoms with Crippen molar-refractivity contribution in [3.63, 3.8) is 0 Å². The van der Waals surface area contributed by atoms with Crippen LogP contribution < -0.4 is 15.2 Å². The van der Waals surface area contributed by atoms with Crippen molar-refractivity contribution in [2.75, 3.05) is 11.8 Å². The fraction of sp³-hybridized carbons (Fsp3) is 0.167. The molecule has 0 aliphatic rings. The molecule has 7 nitrogen and oxygen atoms in total. The summed E-state index contributed by atoms with van der Waals surface area (Å²) in [4.78, 5) is 3.88. The summed E-state index contributed by atoms with van der Waals surface area (Å²) in [5.41, 5.74) is 6.19. The lowest BCUT2D eigenvalue weighted by Crippen LogP contribution is -2.19. The van der Waals surface area contributed by atoms with E-state index in [9.17, 15) is 8.42 Å². The number of ether oxygens (including phenoxy) is 1. The van der Waals surface area contributed by atoms with Crippen LogP contribution in [-0.2, 0) is 17.1 Å². The Balaban J connectivity index is 2.50. The number of nitrogens with one attached hydrogen (secondary N) is 1. The van der Waals surface area contributed by atoms with Gasteiger partial charge in [0.1, 0.15) is 16.4 Å². The third-order valence-corrected chi connectivity index (χ3v) is 4.16. The summed E-state index contributed by atoms with van der Waals surface area (Å²) in [5.74, 6) is 0.319. The molecule has 2 rings (SSSR count). The molecule has 0 aliphatic carbocycles. The molecule has 2 aromatic rings. The molecule has 0 amide bonds. The minimum atomic E-state index is -3.86. The van der Waals surface area contributed by atoms with Gasteiger partial charge in [0.25, 0.3) is 10.0 Å². The molecule has 0 radical (unpaired) electrons.